The van der Waals surface area contributed by atoms with Crippen LogP contribution in [0.15, 0.2) is 17.0 Å². The van der Waals surface area contributed by atoms with Crippen molar-refractivity contribution >= 4 is 11.8 Å². The average molecular weight is 319 g/mol. The summed E-state index contributed by atoms with van der Waals surface area (Å²) in [5, 5.41) is 0.654. The summed E-state index contributed by atoms with van der Waals surface area (Å²) >= 11 is 2.10. The molecule has 2 rings (SSSR count). The van der Waals surface area contributed by atoms with E-state index in [1.54, 1.807) is 16.0 Å². The highest BCUT2D eigenvalue weighted by Gasteiger charge is 2.38. The van der Waals surface area contributed by atoms with E-state index in [4.69, 9.17) is 0 Å². The number of fused-ring (bicyclic) bond motifs is 1. The molecule has 0 N–H and O–H groups in total. The van der Waals surface area contributed by atoms with Gasteiger partial charge >= 0.3 is 0 Å². The van der Waals surface area contributed by atoms with Gasteiger partial charge in [0.1, 0.15) is 0 Å². The van der Waals surface area contributed by atoms with Crippen LogP contribution in [-0.4, -0.2) is 0 Å². The van der Waals surface area contributed by atoms with Gasteiger partial charge in [-0.2, -0.15) is 0 Å². The Hall–Kier alpha value is -0.430. The minimum Gasteiger partial charge on any atom is -0.117 e. The summed E-state index contributed by atoms with van der Waals surface area (Å²) < 4.78 is 0. The fourth-order valence-corrected chi connectivity index (χ4v) is 4.62. The molecule has 1 aliphatic heterocycles. The summed E-state index contributed by atoms with van der Waals surface area (Å²) in [7, 11) is 0. The molecule has 22 heavy (non-hydrogen) atoms. The second kappa shape index (κ2) is 5.58. The molecule has 1 aliphatic rings. The third kappa shape index (κ3) is 4.31. The van der Waals surface area contributed by atoms with E-state index >= 15 is 0 Å². The summed E-state index contributed by atoms with van der Waals surface area (Å²) in [5.41, 5.74) is 5.76. The maximum atomic E-state index is 2.50. The molecule has 1 aromatic carbocycles. The van der Waals surface area contributed by atoms with Gasteiger partial charge in [0.15, 0.2) is 0 Å². The van der Waals surface area contributed by atoms with Gasteiger partial charge in [-0.1, -0.05) is 74.4 Å². The average Bonchev–Trinajstić information content (AvgIpc) is 2.15. The van der Waals surface area contributed by atoms with Crippen LogP contribution in [0.5, 0.6) is 0 Å². The molecule has 0 nitrogen and oxygen atoms in total. The van der Waals surface area contributed by atoms with E-state index in [9.17, 15) is 0 Å². The van der Waals surface area contributed by atoms with Crippen LogP contribution in [0.1, 0.15) is 84.3 Å². The molecule has 0 aromatic heterocycles. The molecule has 1 heterocycles. The number of rotatable bonds is 2. The second-order valence-electron chi connectivity index (χ2n) is 10.5. The van der Waals surface area contributed by atoms with Crippen LogP contribution >= 0.6 is 11.8 Å². The smallest absolute Gasteiger partial charge is 0.0404 e. The van der Waals surface area contributed by atoms with Crippen molar-refractivity contribution < 1.29 is 0 Å². The minimum absolute atomic E-state index is 0.344. The van der Waals surface area contributed by atoms with Crippen LogP contribution in [0.25, 0.3) is 0 Å². The lowest BCUT2D eigenvalue weighted by molar-refractivity contribution is 0.381. The van der Waals surface area contributed by atoms with Crippen LogP contribution in [0.3, 0.4) is 0 Å². The Morgan fingerprint density at radius 2 is 1.36 bits per heavy atom. The lowest BCUT2D eigenvalue weighted by Crippen LogP contribution is -2.25. The van der Waals surface area contributed by atoms with Crippen molar-refractivity contribution in [3.05, 3.63) is 28.8 Å². The SMILES string of the molecule is CC(C)(C)Cc1cc(CC(C)(C)C)c2c(c1)C(C(C)(C)C)S2. The Balaban J connectivity index is 2.43. The third-order valence-corrected chi connectivity index (χ3v) is 5.94. The molecule has 0 saturated carbocycles. The highest BCUT2D eigenvalue weighted by atomic mass is 32.2. The standard InChI is InChI=1S/C21H34S/c1-19(2,3)12-14-10-15(13-20(4,5)6)17-16(11-14)18(22-17)21(7,8)9/h10-11,18H,12-13H2,1-9H3. The first-order valence-corrected chi connectivity index (χ1v) is 9.47. The van der Waals surface area contributed by atoms with Crippen molar-refractivity contribution in [2.75, 3.05) is 0 Å². The molecule has 0 saturated heterocycles. The van der Waals surface area contributed by atoms with Gasteiger partial charge in [-0.05, 0) is 45.8 Å². The van der Waals surface area contributed by atoms with Crippen LogP contribution in [-0.2, 0) is 12.8 Å². The van der Waals surface area contributed by atoms with Gasteiger partial charge in [-0.25, -0.2) is 0 Å². The van der Waals surface area contributed by atoms with Crippen LogP contribution in [0.4, 0.5) is 0 Å². The maximum absolute atomic E-state index is 2.50. The molecule has 1 atom stereocenters. The largest absolute Gasteiger partial charge is 0.117 e. The van der Waals surface area contributed by atoms with Gasteiger partial charge in [-0.3, -0.25) is 0 Å². The quantitative estimate of drug-likeness (QED) is 0.562. The fourth-order valence-electron chi connectivity index (χ4n) is 3.30. The Labute approximate surface area is 142 Å². The van der Waals surface area contributed by atoms with Crippen molar-refractivity contribution in [3.63, 3.8) is 0 Å². The summed E-state index contributed by atoms with van der Waals surface area (Å²) in [6, 6.07) is 4.99. The molecule has 0 fully saturated rings. The van der Waals surface area contributed by atoms with Crippen molar-refractivity contribution in [1.29, 1.82) is 0 Å². The Kier molecular flexibility index (Phi) is 4.55. The molecule has 0 amide bonds. The minimum atomic E-state index is 0.344. The van der Waals surface area contributed by atoms with Crippen molar-refractivity contribution in [2.24, 2.45) is 16.2 Å². The molecule has 0 bridgehead atoms. The van der Waals surface area contributed by atoms with E-state index < -0.39 is 0 Å². The highest BCUT2D eigenvalue weighted by Crippen LogP contribution is 2.60. The highest BCUT2D eigenvalue weighted by molar-refractivity contribution is 8.01. The van der Waals surface area contributed by atoms with E-state index in [1.807, 2.05) is 0 Å². The van der Waals surface area contributed by atoms with E-state index in [2.05, 4.69) is 86.2 Å². The third-order valence-electron chi connectivity index (χ3n) is 4.01. The first kappa shape index (κ1) is 17.9. The normalized spacial score (nSPS) is 18.9. The first-order valence-electron chi connectivity index (χ1n) is 8.59. The second-order valence-corrected chi connectivity index (χ2v) is 11.6. The molecule has 0 spiro atoms. The summed E-state index contributed by atoms with van der Waals surface area (Å²) in [6.45, 7) is 21.2. The van der Waals surface area contributed by atoms with Crippen molar-refractivity contribution in [1.82, 2.24) is 0 Å². The number of benzene rings is 1. The lowest BCUT2D eigenvalue weighted by Gasteiger charge is -2.41. The summed E-state index contributed by atoms with van der Waals surface area (Å²) in [4.78, 5) is 1.58. The van der Waals surface area contributed by atoms with Crippen molar-refractivity contribution in [3.8, 4) is 0 Å². The van der Waals surface area contributed by atoms with Gasteiger partial charge in [0.05, 0.1) is 0 Å². The van der Waals surface area contributed by atoms with Crippen LogP contribution in [0.2, 0.25) is 0 Å². The van der Waals surface area contributed by atoms with E-state index in [0.29, 0.717) is 21.5 Å². The fraction of sp³-hybridized carbons (Fsp3) is 0.714. The maximum Gasteiger partial charge on any atom is 0.0404 e. The van der Waals surface area contributed by atoms with E-state index in [0.717, 1.165) is 0 Å². The monoisotopic (exact) mass is 318 g/mol. The Morgan fingerprint density at radius 3 is 1.82 bits per heavy atom. The molecule has 124 valence electrons. The van der Waals surface area contributed by atoms with Crippen LogP contribution in [0, 0.1) is 16.2 Å². The Morgan fingerprint density at radius 1 is 0.818 bits per heavy atom. The van der Waals surface area contributed by atoms with Gasteiger partial charge in [0.25, 0.3) is 0 Å². The number of thioether (sulfide) groups is 1. The predicted molar refractivity (Wildman–Crippen MR) is 101 cm³/mol. The Bertz CT molecular complexity index is 530. The summed E-state index contributed by atoms with van der Waals surface area (Å²) in [6.07, 6.45) is 2.34. The van der Waals surface area contributed by atoms with Gasteiger partial charge < -0.3 is 0 Å². The first-order chi connectivity index (χ1) is 9.76. The number of hydrogen-bond donors (Lipinski definition) is 0. The zero-order chi connectivity index (χ0) is 16.9. The molecule has 1 heteroatoms. The van der Waals surface area contributed by atoms with Crippen LogP contribution < -0.4 is 0 Å². The molecule has 0 radical (unpaired) electrons. The molecule has 1 aromatic rings. The lowest BCUT2D eigenvalue weighted by atomic mass is 9.80. The number of hydrogen-bond acceptors (Lipinski definition) is 1. The predicted octanol–water partition coefficient (Wildman–Crippen LogP) is 7.06. The van der Waals surface area contributed by atoms with Gasteiger partial charge in [0.2, 0.25) is 0 Å². The molecular formula is C21H34S. The molecule has 1 unspecified atom stereocenters. The zero-order valence-electron chi connectivity index (χ0n) is 16.1. The molecular weight excluding hydrogens is 284 g/mol. The van der Waals surface area contributed by atoms with Crippen molar-refractivity contribution in [2.45, 2.75) is 85.3 Å². The zero-order valence-corrected chi connectivity index (χ0v) is 16.9. The van der Waals surface area contributed by atoms with E-state index in [-0.39, 0.29) is 0 Å². The van der Waals surface area contributed by atoms with Gasteiger partial charge in [0, 0.05) is 10.1 Å². The molecule has 0 aliphatic carbocycles. The topological polar surface area (TPSA) is 0 Å². The van der Waals surface area contributed by atoms with E-state index in [1.165, 1.54) is 18.4 Å². The van der Waals surface area contributed by atoms with Gasteiger partial charge in [-0.15, -0.1) is 11.8 Å². The summed E-state index contributed by atoms with van der Waals surface area (Å²) in [5.74, 6) is 0.